The Balaban J connectivity index is 0.000000483. The zero-order valence-electron chi connectivity index (χ0n) is 36.7. The van der Waals surface area contributed by atoms with E-state index < -0.39 is 206 Å². The molecule has 0 N–H and O–H groups in total. The minimum Gasteiger partial charge on any atom is -0.287 e. The molecule has 5 aromatic carbocycles. The maximum absolute atomic E-state index is 14.2. The Morgan fingerprint density at radius 1 is 0.387 bits per heavy atom. The smallest absolute Gasteiger partial charge is 0.287 e. The van der Waals surface area contributed by atoms with E-state index in [0.717, 1.165) is 0 Å². The van der Waals surface area contributed by atoms with E-state index >= 15 is 0 Å². The van der Waals surface area contributed by atoms with Crippen molar-refractivity contribution in [2.75, 3.05) is 6.26 Å². The van der Waals surface area contributed by atoms with Crippen LogP contribution in [0.1, 0.15) is 54.9 Å². The number of nitrogens with zero attached hydrogens (tertiary/aromatic N) is 1. The third-order valence-corrected chi connectivity index (χ3v) is 12.0. The van der Waals surface area contributed by atoms with Crippen LogP contribution in [-0.2, 0) is 66.8 Å². The van der Waals surface area contributed by atoms with Crippen molar-refractivity contribution in [1.82, 2.24) is 0 Å². The number of rotatable bonds is 8. The number of hydrogen-bond donors (Lipinski definition) is 0. The molecule has 1 atom stereocenters. The van der Waals surface area contributed by atoms with E-state index in [-0.39, 0.29) is 12.3 Å². The van der Waals surface area contributed by atoms with E-state index in [4.69, 9.17) is 0 Å². The largest absolute Gasteiger partial charge is 0.416 e. The molecule has 29 heteroatoms. The van der Waals surface area contributed by atoms with E-state index in [2.05, 4.69) is 0 Å². The summed E-state index contributed by atoms with van der Waals surface area (Å²) in [5, 5.41) is 0. The molecule has 0 amide bonds. The van der Waals surface area contributed by atoms with Gasteiger partial charge in [-0.25, -0.2) is 0 Å². The van der Waals surface area contributed by atoms with Crippen molar-refractivity contribution >= 4 is 44.6 Å². The van der Waals surface area contributed by atoms with Crippen LogP contribution in [0.4, 0.5) is 105 Å². The van der Waals surface area contributed by atoms with Crippen LogP contribution < -0.4 is 26.4 Å². The molecule has 6 rings (SSSR count). The number of carbonyl (C=O) groups is 1. The molecule has 1 aromatic heterocycles. The number of aromatic nitrogens is 1. The lowest BCUT2D eigenvalue weighted by Crippen LogP contribution is -2.75. The van der Waals surface area contributed by atoms with Crippen LogP contribution in [0.25, 0.3) is 0 Å². The van der Waals surface area contributed by atoms with Gasteiger partial charge in [-0.1, -0.05) is 66.7 Å². The highest BCUT2D eigenvalue weighted by atomic mass is 32.2. The molecule has 0 saturated heterocycles. The van der Waals surface area contributed by atoms with Crippen molar-refractivity contribution in [3.8, 4) is 0 Å². The summed E-state index contributed by atoms with van der Waals surface area (Å²) >= 11 is 0. The molecule has 0 fully saturated rings. The molecule has 3 nitrogen and oxygen atoms in total. The number of Topliss-reactive ketones (excluding diaryl/α,β-unsaturated/α-hetero) is 1. The molecule has 1 unspecified atom stereocenters. The topological polar surface area (TPSA) is 38.0 Å². The summed E-state index contributed by atoms with van der Waals surface area (Å²) < 4.78 is 354. The quantitative estimate of drug-likeness (QED) is 0.0659. The molecule has 0 aliphatic carbocycles. The molecule has 0 bridgehead atoms. The minimum atomic E-state index is -6.13. The first-order chi connectivity index (χ1) is 33.9. The molecule has 0 radical (unpaired) electrons. The number of ketones is 1. The van der Waals surface area contributed by atoms with Crippen molar-refractivity contribution in [2.45, 2.75) is 60.9 Å². The first-order valence-electron chi connectivity index (χ1n) is 20.2. The Labute approximate surface area is 407 Å². The van der Waals surface area contributed by atoms with Gasteiger partial charge in [0.15, 0.2) is 12.4 Å². The van der Waals surface area contributed by atoms with Crippen molar-refractivity contribution in [3.63, 3.8) is 0 Å². The summed E-state index contributed by atoms with van der Waals surface area (Å²) in [6, 6.07) is 3.88. The van der Waals surface area contributed by atoms with Crippen LogP contribution in [0.2, 0.25) is 0 Å². The van der Waals surface area contributed by atoms with Gasteiger partial charge in [0.05, 0.1) is 55.3 Å². The van der Waals surface area contributed by atoms with Crippen LogP contribution in [0.15, 0.2) is 133 Å². The third-order valence-electron chi connectivity index (χ3n) is 11.0. The van der Waals surface area contributed by atoms with Crippen molar-refractivity contribution in [1.29, 1.82) is 0 Å². The number of carbonyl (C=O) groups excluding carboxylic acids is 1. The first-order valence-corrected chi connectivity index (χ1v) is 21.8. The lowest BCUT2D eigenvalue weighted by molar-refractivity contribution is -0.683. The van der Waals surface area contributed by atoms with E-state index in [1.165, 1.54) is 0 Å². The maximum atomic E-state index is 14.2. The number of alkyl halides is 24. The maximum Gasteiger partial charge on any atom is 0.416 e. The number of benzene rings is 5. The zero-order chi connectivity index (χ0) is 56.9. The number of halogens is 24. The van der Waals surface area contributed by atoms with Crippen molar-refractivity contribution < 1.29 is 119 Å². The van der Waals surface area contributed by atoms with Gasteiger partial charge >= 0.3 is 49.4 Å². The Morgan fingerprint density at radius 3 is 0.853 bits per heavy atom. The van der Waals surface area contributed by atoms with Gasteiger partial charge in [0.2, 0.25) is 12.3 Å². The van der Waals surface area contributed by atoms with Gasteiger partial charge in [0.1, 0.15) is 6.15 Å². The summed E-state index contributed by atoms with van der Waals surface area (Å²) in [7, 11) is -1.15. The highest BCUT2D eigenvalue weighted by molar-refractivity contribution is 7.84. The highest BCUT2D eigenvalue weighted by Gasteiger charge is 2.47. The van der Waals surface area contributed by atoms with Gasteiger partial charge in [-0.3, -0.25) is 9.00 Å². The normalized spacial score (nSPS) is 13.8. The number of pyridine rings is 1. The van der Waals surface area contributed by atoms with Gasteiger partial charge < -0.3 is 0 Å². The minimum absolute atomic E-state index is 0.0306. The number of hydrogen-bond acceptors (Lipinski definition) is 2. The van der Waals surface area contributed by atoms with Crippen LogP contribution in [0.3, 0.4) is 0 Å². The summed E-state index contributed by atoms with van der Waals surface area (Å²) in [5.41, 5.74) is -29.7. The Hall–Kier alpha value is -6.55. The molecule has 0 saturated carbocycles. The van der Waals surface area contributed by atoms with Crippen molar-refractivity contribution in [3.05, 3.63) is 178 Å². The standard InChI is InChI=1S/C32H12BF24.C14H14NO2S/c34-25(35,36)13-1-14(26(37,38)39)6-21(5-13)33(22-7-15(27(40,41)42)2-16(8-22)28(43,44)45,23-9-17(29(46,47)48)3-18(10-23)30(49,50)51)24-11-19(31(52,53)54)4-20(12-24)32(55,56)57;1-18(17)14-8-4-3-7-12(14)13(16)11-15-9-5-2-6-10-15/h1-12H;2-10H,11H2,1H3/q-1;+1. The first kappa shape index (κ1) is 59.3. The predicted molar refractivity (Wildman–Crippen MR) is 220 cm³/mol. The second kappa shape index (κ2) is 20.5. The molecule has 404 valence electrons. The summed E-state index contributed by atoms with van der Waals surface area (Å²) in [5.74, 6) is -0.0306. The highest BCUT2D eigenvalue weighted by Crippen LogP contribution is 2.41. The van der Waals surface area contributed by atoms with E-state index in [1.54, 1.807) is 35.1 Å². The van der Waals surface area contributed by atoms with E-state index in [1.807, 2.05) is 30.6 Å². The molecule has 0 spiro atoms. The second-order valence-electron chi connectivity index (χ2n) is 16.1. The zero-order valence-corrected chi connectivity index (χ0v) is 37.5. The van der Waals surface area contributed by atoms with E-state index in [0.29, 0.717) is 10.5 Å². The second-order valence-corrected chi connectivity index (χ2v) is 17.5. The Bertz CT molecular complexity index is 2640. The third kappa shape index (κ3) is 13.8. The summed E-state index contributed by atoms with van der Waals surface area (Å²) in [6.45, 7) is 0.259. The van der Waals surface area contributed by atoms with Crippen LogP contribution >= 0.6 is 0 Å². The van der Waals surface area contributed by atoms with E-state index in [9.17, 15) is 114 Å². The van der Waals surface area contributed by atoms with Crippen LogP contribution in [0.5, 0.6) is 0 Å². The molecule has 0 aliphatic heterocycles. The molecule has 1 heterocycles. The predicted octanol–water partition coefficient (Wildman–Crippen LogP) is 12.8. The SMILES string of the molecule is CS(=O)c1ccccc1C(=O)C[n+]1ccccc1.FC(F)(F)c1cc([B-](c2cc(C(F)(F)F)cc(C(F)(F)F)c2)(c2cc(C(F)(F)F)cc(C(F)(F)F)c2)c2cc(C(F)(F)F)cc(C(F)(F)F)c2)cc(C(F)(F)F)c1. The lowest BCUT2D eigenvalue weighted by atomic mass is 9.12. The fourth-order valence-corrected chi connectivity index (χ4v) is 8.57. The molecule has 75 heavy (non-hydrogen) atoms. The van der Waals surface area contributed by atoms with Gasteiger partial charge in [0.25, 0.3) is 0 Å². The molecule has 6 aromatic rings. The monoisotopic (exact) mass is 1120 g/mol. The van der Waals surface area contributed by atoms with Gasteiger partial charge in [0, 0.05) is 28.8 Å². The van der Waals surface area contributed by atoms with Crippen LogP contribution in [0, 0.1) is 0 Å². The fraction of sp³-hybridized carbons (Fsp3) is 0.217. The molecular weight excluding hydrogens is 1100 g/mol. The van der Waals surface area contributed by atoms with Gasteiger partial charge in [-0.05, 0) is 36.4 Å². The van der Waals surface area contributed by atoms with Gasteiger partial charge in [-0.15, -0.1) is 0 Å². The lowest BCUT2D eigenvalue weighted by Gasteiger charge is -2.46. The molecule has 0 aliphatic rings. The van der Waals surface area contributed by atoms with Gasteiger partial charge in [-0.2, -0.15) is 132 Å². The Morgan fingerprint density at radius 2 is 0.627 bits per heavy atom. The average molecular weight is 1120 g/mol. The summed E-state index contributed by atoms with van der Waals surface area (Å²) in [4.78, 5) is 12.8. The van der Waals surface area contributed by atoms with Crippen molar-refractivity contribution in [2.24, 2.45) is 0 Å². The fourth-order valence-electron chi connectivity index (χ4n) is 7.81. The average Bonchev–Trinajstić information content (AvgIpc) is 3.27. The summed E-state index contributed by atoms with van der Waals surface area (Å²) in [6.07, 6.45) is -49.5. The molecular formula is C46H26BF24NO2S. The Kier molecular flexibility index (Phi) is 16.2. The van der Waals surface area contributed by atoms with Crippen LogP contribution in [-0.4, -0.2) is 22.4 Å².